The summed E-state index contributed by atoms with van der Waals surface area (Å²) in [6.45, 7) is 2.51. The minimum Gasteiger partial charge on any atom is -0.494 e. The van der Waals surface area contributed by atoms with Crippen LogP contribution in [0.3, 0.4) is 0 Å². The van der Waals surface area contributed by atoms with E-state index in [-0.39, 0.29) is 5.56 Å². The van der Waals surface area contributed by atoms with Crippen molar-refractivity contribution >= 4 is 11.7 Å². The van der Waals surface area contributed by atoms with Gasteiger partial charge in [-0.05, 0) is 42.3 Å². The molecule has 3 N–H and O–H groups in total. The number of hydrogen-bond donors (Lipinski definition) is 2. The van der Waals surface area contributed by atoms with Crippen molar-refractivity contribution in [2.24, 2.45) is 0 Å². The van der Waals surface area contributed by atoms with Gasteiger partial charge >= 0.3 is 5.97 Å². The molecule has 2 aromatic rings. The van der Waals surface area contributed by atoms with Gasteiger partial charge in [-0.1, -0.05) is 18.2 Å². The number of nitrogen functional groups attached to an aromatic ring is 1. The first-order valence-corrected chi connectivity index (χ1v) is 5.98. The van der Waals surface area contributed by atoms with Crippen LogP contribution < -0.4 is 10.5 Å². The van der Waals surface area contributed by atoms with Crippen LogP contribution in [0, 0.1) is 0 Å². The molecule has 0 aliphatic carbocycles. The van der Waals surface area contributed by atoms with E-state index in [4.69, 9.17) is 10.5 Å². The van der Waals surface area contributed by atoms with E-state index in [2.05, 4.69) is 0 Å². The molecule has 0 heterocycles. The Balaban J connectivity index is 2.43. The third-order valence-electron chi connectivity index (χ3n) is 2.75. The predicted octanol–water partition coefficient (Wildman–Crippen LogP) is 3.03. The van der Waals surface area contributed by atoms with Crippen molar-refractivity contribution in [3.05, 3.63) is 48.0 Å². The topological polar surface area (TPSA) is 72.5 Å². The Morgan fingerprint density at radius 3 is 2.47 bits per heavy atom. The van der Waals surface area contributed by atoms with Crippen molar-refractivity contribution in [3.63, 3.8) is 0 Å². The van der Waals surface area contributed by atoms with Gasteiger partial charge < -0.3 is 15.6 Å². The van der Waals surface area contributed by atoms with Crippen molar-refractivity contribution in [2.45, 2.75) is 6.92 Å². The Morgan fingerprint density at radius 1 is 1.21 bits per heavy atom. The van der Waals surface area contributed by atoms with Crippen molar-refractivity contribution in [2.75, 3.05) is 12.3 Å². The zero-order valence-electron chi connectivity index (χ0n) is 10.6. The molecule has 0 unspecified atom stereocenters. The lowest BCUT2D eigenvalue weighted by Gasteiger charge is -2.09. The van der Waals surface area contributed by atoms with E-state index in [9.17, 15) is 9.90 Å². The van der Waals surface area contributed by atoms with Gasteiger partial charge in [0.15, 0.2) is 0 Å². The van der Waals surface area contributed by atoms with Crippen LogP contribution in [0.15, 0.2) is 42.5 Å². The third kappa shape index (κ3) is 2.85. The number of carbonyl (C=O) groups is 1. The maximum atomic E-state index is 11.2. The first-order chi connectivity index (χ1) is 9.11. The number of carboxylic acids is 1. The highest BCUT2D eigenvalue weighted by molar-refractivity contribution is 5.97. The molecule has 0 fully saturated rings. The molecule has 0 spiro atoms. The fourth-order valence-corrected chi connectivity index (χ4v) is 1.89. The molecule has 0 aliphatic rings. The summed E-state index contributed by atoms with van der Waals surface area (Å²) in [5.74, 6) is -0.227. The van der Waals surface area contributed by atoms with Gasteiger partial charge in [0.1, 0.15) is 5.75 Å². The summed E-state index contributed by atoms with van der Waals surface area (Å²) in [6, 6.07) is 12.2. The molecule has 19 heavy (non-hydrogen) atoms. The minimum atomic E-state index is -0.990. The fourth-order valence-electron chi connectivity index (χ4n) is 1.89. The molecular formula is C15H15NO3. The number of anilines is 1. The highest BCUT2D eigenvalue weighted by Gasteiger charge is 2.12. The largest absolute Gasteiger partial charge is 0.494 e. The Bertz CT molecular complexity index is 591. The molecule has 98 valence electrons. The highest BCUT2D eigenvalue weighted by atomic mass is 16.5. The summed E-state index contributed by atoms with van der Waals surface area (Å²) in [5.41, 5.74) is 7.72. The standard InChI is InChI=1S/C15H15NO3/c1-2-19-12-6-3-10(4-7-12)13-8-5-11(16)9-14(13)15(17)18/h3-9H,2,16H2,1H3,(H,17,18). The van der Waals surface area contributed by atoms with Gasteiger partial charge in [0, 0.05) is 5.69 Å². The summed E-state index contributed by atoms with van der Waals surface area (Å²) in [7, 11) is 0. The molecule has 0 aromatic heterocycles. The monoisotopic (exact) mass is 257 g/mol. The fraction of sp³-hybridized carbons (Fsp3) is 0.133. The predicted molar refractivity (Wildman–Crippen MR) is 74.4 cm³/mol. The Labute approximate surface area is 111 Å². The minimum absolute atomic E-state index is 0.198. The maximum Gasteiger partial charge on any atom is 0.336 e. The smallest absolute Gasteiger partial charge is 0.336 e. The van der Waals surface area contributed by atoms with E-state index in [1.54, 1.807) is 12.1 Å². The summed E-state index contributed by atoms with van der Waals surface area (Å²) in [5, 5.41) is 9.21. The first kappa shape index (κ1) is 13.0. The lowest BCUT2D eigenvalue weighted by atomic mass is 9.99. The van der Waals surface area contributed by atoms with Crippen LogP contribution in [0.4, 0.5) is 5.69 Å². The van der Waals surface area contributed by atoms with E-state index >= 15 is 0 Å². The van der Waals surface area contributed by atoms with Crippen LogP contribution in [0.25, 0.3) is 11.1 Å². The van der Waals surface area contributed by atoms with Gasteiger partial charge in [-0.3, -0.25) is 0 Å². The Hall–Kier alpha value is -2.49. The summed E-state index contributed by atoms with van der Waals surface area (Å²) in [4.78, 5) is 11.2. The van der Waals surface area contributed by atoms with Crippen LogP contribution in [-0.4, -0.2) is 17.7 Å². The number of aromatic carboxylic acids is 1. The Morgan fingerprint density at radius 2 is 1.89 bits per heavy atom. The summed E-state index contributed by atoms with van der Waals surface area (Å²) in [6.07, 6.45) is 0. The number of nitrogens with two attached hydrogens (primary N) is 1. The molecule has 0 saturated carbocycles. The van der Waals surface area contributed by atoms with Gasteiger partial charge in [-0.2, -0.15) is 0 Å². The normalized spacial score (nSPS) is 10.2. The average Bonchev–Trinajstić information content (AvgIpc) is 2.40. The molecule has 0 amide bonds. The molecule has 2 rings (SSSR count). The first-order valence-electron chi connectivity index (χ1n) is 5.98. The van der Waals surface area contributed by atoms with E-state index in [1.165, 1.54) is 6.07 Å². The van der Waals surface area contributed by atoms with E-state index in [1.807, 2.05) is 31.2 Å². The molecular weight excluding hydrogens is 242 g/mol. The van der Waals surface area contributed by atoms with Crippen LogP contribution in [0.1, 0.15) is 17.3 Å². The Kier molecular flexibility index (Phi) is 3.71. The molecule has 0 bridgehead atoms. The number of rotatable bonds is 4. The maximum absolute atomic E-state index is 11.2. The quantitative estimate of drug-likeness (QED) is 0.826. The lowest BCUT2D eigenvalue weighted by Crippen LogP contribution is -2.01. The van der Waals surface area contributed by atoms with E-state index in [0.29, 0.717) is 17.9 Å². The number of hydrogen-bond acceptors (Lipinski definition) is 3. The lowest BCUT2D eigenvalue weighted by molar-refractivity contribution is 0.0698. The van der Waals surface area contributed by atoms with Gasteiger partial charge in [0.2, 0.25) is 0 Å². The molecule has 0 radical (unpaired) electrons. The van der Waals surface area contributed by atoms with Crippen molar-refractivity contribution < 1.29 is 14.6 Å². The molecule has 0 saturated heterocycles. The van der Waals surface area contributed by atoms with E-state index < -0.39 is 5.97 Å². The SMILES string of the molecule is CCOc1ccc(-c2ccc(N)cc2C(=O)O)cc1. The summed E-state index contributed by atoms with van der Waals surface area (Å²) < 4.78 is 5.36. The van der Waals surface area contributed by atoms with Crippen LogP contribution >= 0.6 is 0 Å². The van der Waals surface area contributed by atoms with Gasteiger partial charge in [0.25, 0.3) is 0 Å². The molecule has 4 nitrogen and oxygen atoms in total. The second-order valence-corrected chi connectivity index (χ2v) is 4.07. The second kappa shape index (κ2) is 5.44. The van der Waals surface area contributed by atoms with E-state index in [0.717, 1.165) is 11.3 Å². The number of carboxylic acid groups (broad SMARTS) is 1. The highest BCUT2D eigenvalue weighted by Crippen LogP contribution is 2.27. The number of ether oxygens (including phenoxy) is 1. The van der Waals surface area contributed by atoms with Crippen molar-refractivity contribution in [1.29, 1.82) is 0 Å². The zero-order chi connectivity index (χ0) is 13.8. The molecule has 2 aromatic carbocycles. The van der Waals surface area contributed by atoms with Crippen molar-refractivity contribution in [1.82, 2.24) is 0 Å². The van der Waals surface area contributed by atoms with Crippen LogP contribution in [0.5, 0.6) is 5.75 Å². The molecule has 0 atom stereocenters. The van der Waals surface area contributed by atoms with Gasteiger partial charge in [-0.15, -0.1) is 0 Å². The zero-order valence-corrected chi connectivity index (χ0v) is 10.6. The third-order valence-corrected chi connectivity index (χ3v) is 2.75. The average molecular weight is 257 g/mol. The van der Waals surface area contributed by atoms with Crippen LogP contribution in [0.2, 0.25) is 0 Å². The van der Waals surface area contributed by atoms with Crippen molar-refractivity contribution in [3.8, 4) is 16.9 Å². The van der Waals surface area contributed by atoms with Gasteiger partial charge in [-0.25, -0.2) is 4.79 Å². The molecule has 4 heteroatoms. The summed E-state index contributed by atoms with van der Waals surface area (Å²) >= 11 is 0. The second-order valence-electron chi connectivity index (χ2n) is 4.07. The molecule has 0 aliphatic heterocycles. The van der Waals surface area contributed by atoms with Crippen LogP contribution in [-0.2, 0) is 0 Å². The number of benzene rings is 2. The van der Waals surface area contributed by atoms with Gasteiger partial charge in [0.05, 0.1) is 12.2 Å².